The van der Waals surface area contributed by atoms with Crippen molar-refractivity contribution in [3.05, 3.63) is 35.9 Å². The number of aliphatic hydroxyl groups is 1. The van der Waals surface area contributed by atoms with E-state index in [1.54, 1.807) is 0 Å². The van der Waals surface area contributed by atoms with Crippen LogP contribution in [0.4, 0.5) is 0 Å². The number of ketones is 1. The van der Waals surface area contributed by atoms with Crippen LogP contribution in [0.5, 0.6) is 0 Å². The molecule has 0 saturated carbocycles. The van der Waals surface area contributed by atoms with Gasteiger partial charge < -0.3 is 9.84 Å². The number of carbonyl (C=O) groups excluding carboxylic acids is 1. The van der Waals surface area contributed by atoms with E-state index in [1.807, 2.05) is 37.3 Å². The van der Waals surface area contributed by atoms with Gasteiger partial charge in [-0.2, -0.15) is 0 Å². The van der Waals surface area contributed by atoms with Crippen LogP contribution < -0.4 is 0 Å². The molecule has 4 nitrogen and oxygen atoms in total. The molecular weight excluding hydrogens is 242 g/mol. The molecule has 2 rings (SSSR count). The Morgan fingerprint density at radius 1 is 1.37 bits per heavy atom. The van der Waals surface area contributed by atoms with Gasteiger partial charge >= 0.3 is 0 Å². The van der Waals surface area contributed by atoms with Crippen molar-refractivity contribution < 1.29 is 14.6 Å². The molecule has 1 aromatic carbocycles. The Morgan fingerprint density at radius 2 is 2.11 bits per heavy atom. The molecule has 2 unspecified atom stereocenters. The van der Waals surface area contributed by atoms with Gasteiger partial charge in [0, 0.05) is 19.5 Å². The molecule has 4 heteroatoms. The average Bonchev–Trinajstić information content (AvgIpc) is 2.38. The normalized spacial score (nSPS) is 24.3. The smallest absolute Gasteiger partial charge is 0.151 e. The second-order valence-electron chi connectivity index (χ2n) is 5.15. The zero-order valence-electron chi connectivity index (χ0n) is 11.3. The van der Waals surface area contributed by atoms with Gasteiger partial charge in [0.15, 0.2) is 5.78 Å². The molecule has 19 heavy (non-hydrogen) atoms. The number of Topliss-reactive ketones (excluding diaryl/α,β-unsaturated/α-hetero) is 1. The number of rotatable bonds is 5. The van der Waals surface area contributed by atoms with E-state index in [0.29, 0.717) is 19.5 Å². The van der Waals surface area contributed by atoms with Gasteiger partial charge in [-0.05, 0) is 12.5 Å². The lowest BCUT2D eigenvalue weighted by molar-refractivity contribution is -0.126. The molecule has 1 aliphatic heterocycles. The summed E-state index contributed by atoms with van der Waals surface area (Å²) >= 11 is 0. The number of ether oxygens (including phenoxy) is 1. The molecule has 1 saturated heterocycles. The molecule has 104 valence electrons. The zero-order chi connectivity index (χ0) is 13.7. The molecule has 1 N–H and O–H groups in total. The first kappa shape index (κ1) is 14.2. The van der Waals surface area contributed by atoms with Crippen LogP contribution in [-0.2, 0) is 16.0 Å². The van der Waals surface area contributed by atoms with Gasteiger partial charge in [0.05, 0.1) is 25.4 Å². The van der Waals surface area contributed by atoms with Crippen LogP contribution in [-0.4, -0.2) is 54.2 Å². The largest absolute Gasteiger partial charge is 0.394 e. The van der Waals surface area contributed by atoms with E-state index in [1.165, 1.54) is 0 Å². The van der Waals surface area contributed by atoms with Crippen molar-refractivity contribution in [1.82, 2.24) is 4.90 Å². The van der Waals surface area contributed by atoms with E-state index < -0.39 is 0 Å². The van der Waals surface area contributed by atoms with Crippen molar-refractivity contribution >= 4 is 5.78 Å². The summed E-state index contributed by atoms with van der Waals surface area (Å²) in [5.41, 5.74) is 1.05. The SMILES string of the molecule is CC1CN(CC(=O)Cc2ccccc2)CC(CO)O1. The number of hydrogen-bond donors (Lipinski definition) is 1. The topological polar surface area (TPSA) is 49.8 Å². The fourth-order valence-electron chi connectivity index (χ4n) is 2.50. The number of nitrogens with zero attached hydrogens (tertiary/aromatic N) is 1. The van der Waals surface area contributed by atoms with Crippen LogP contribution in [0.15, 0.2) is 30.3 Å². The second-order valence-corrected chi connectivity index (χ2v) is 5.15. The Morgan fingerprint density at radius 3 is 2.79 bits per heavy atom. The molecule has 2 atom stereocenters. The summed E-state index contributed by atoms with van der Waals surface area (Å²) in [5, 5.41) is 9.16. The monoisotopic (exact) mass is 263 g/mol. The first-order valence-electron chi connectivity index (χ1n) is 6.71. The summed E-state index contributed by atoms with van der Waals surface area (Å²) in [6.45, 7) is 3.78. The molecule has 0 radical (unpaired) electrons. The van der Waals surface area contributed by atoms with Crippen LogP contribution in [0.3, 0.4) is 0 Å². The van der Waals surface area contributed by atoms with Gasteiger partial charge in [0.1, 0.15) is 0 Å². The summed E-state index contributed by atoms with van der Waals surface area (Å²) < 4.78 is 5.56. The maximum atomic E-state index is 12.0. The highest BCUT2D eigenvalue weighted by Gasteiger charge is 2.25. The first-order chi connectivity index (χ1) is 9.17. The van der Waals surface area contributed by atoms with Crippen molar-refractivity contribution in [1.29, 1.82) is 0 Å². The molecule has 0 bridgehead atoms. The summed E-state index contributed by atoms with van der Waals surface area (Å²) in [6, 6.07) is 9.78. The summed E-state index contributed by atoms with van der Waals surface area (Å²) in [5.74, 6) is 0.206. The number of carbonyl (C=O) groups is 1. The van der Waals surface area contributed by atoms with E-state index in [-0.39, 0.29) is 24.6 Å². The minimum Gasteiger partial charge on any atom is -0.394 e. The Bertz CT molecular complexity index is 407. The third-order valence-corrected chi connectivity index (χ3v) is 3.25. The highest BCUT2D eigenvalue weighted by molar-refractivity contribution is 5.82. The first-order valence-corrected chi connectivity index (χ1v) is 6.71. The Kier molecular flexibility index (Phi) is 5.07. The van der Waals surface area contributed by atoms with Crippen LogP contribution in [0.25, 0.3) is 0 Å². The standard InChI is InChI=1S/C15H21NO3/c1-12-8-16(10-15(11-17)19-12)9-14(18)7-13-5-3-2-4-6-13/h2-6,12,15,17H,7-11H2,1H3. The molecule has 1 fully saturated rings. The Balaban J connectivity index is 1.85. The van der Waals surface area contributed by atoms with E-state index in [9.17, 15) is 4.79 Å². The molecule has 1 aromatic rings. The third kappa shape index (κ3) is 4.42. The summed E-state index contributed by atoms with van der Waals surface area (Å²) in [4.78, 5) is 14.1. The van der Waals surface area contributed by atoms with Crippen molar-refractivity contribution in [2.45, 2.75) is 25.6 Å². The average molecular weight is 263 g/mol. The minimum absolute atomic E-state index is 0.00765. The molecule has 0 aromatic heterocycles. The lowest BCUT2D eigenvalue weighted by atomic mass is 10.1. The molecule has 0 amide bonds. The van der Waals surface area contributed by atoms with Crippen LogP contribution in [0.2, 0.25) is 0 Å². The van der Waals surface area contributed by atoms with Crippen LogP contribution in [0.1, 0.15) is 12.5 Å². The predicted octanol–water partition coefficient (Wildman–Crippen LogP) is 0.880. The van der Waals surface area contributed by atoms with Crippen molar-refractivity contribution in [2.24, 2.45) is 0 Å². The predicted molar refractivity (Wildman–Crippen MR) is 73.0 cm³/mol. The number of aliphatic hydroxyl groups excluding tert-OH is 1. The van der Waals surface area contributed by atoms with Gasteiger partial charge in [-0.1, -0.05) is 30.3 Å². The van der Waals surface area contributed by atoms with E-state index in [0.717, 1.165) is 12.1 Å². The van der Waals surface area contributed by atoms with E-state index in [2.05, 4.69) is 4.90 Å². The maximum Gasteiger partial charge on any atom is 0.151 e. The van der Waals surface area contributed by atoms with E-state index in [4.69, 9.17) is 9.84 Å². The van der Waals surface area contributed by atoms with Crippen molar-refractivity contribution in [2.75, 3.05) is 26.2 Å². The van der Waals surface area contributed by atoms with Crippen LogP contribution >= 0.6 is 0 Å². The number of morpholine rings is 1. The van der Waals surface area contributed by atoms with Gasteiger partial charge in [0.25, 0.3) is 0 Å². The Labute approximate surface area is 114 Å². The number of benzene rings is 1. The third-order valence-electron chi connectivity index (χ3n) is 3.25. The fraction of sp³-hybridized carbons (Fsp3) is 0.533. The highest BCUT2D eigenvalue weighted by Crippen LogP contribution is 2.11. The Hall–Kier alpha value is -1.23. The van der Waals surface area contributed by atoms with Crippen molar-refractivity contribution in [3.63, 3.8) is 0 Å². The summed E-state index contributed by atoms with van der Waals surface area (Å²) in [6.07, 6.45) is 0.361. The van der Waals surface area contributed by atoms with E-state index >= 15 is 0 Å². The number of hydrogen-bond acceptors (Lipinski definition) is 4. The van der Waals surface area contributed by atoms with Crippen LogP contribution in [0, 0.1) is 0 Å². The summed E-state index contributed by atoms with van der Waals surface area (Å²) in [7, 11) is 0. The maximum absolute atomic E-state index is 12.0. The molecule has 1 heterocycles. The minimum atomic E-state index is -0.173. The lowest BCUT2D eigenvalue weighted by Crippen LogP contribution is -2.49. The van der Waals surface area contributed by atoms with Crippen molar-refractivity contribution in [3.8, 4) is 0 Å². The van der Waals surface area contributed by atoms with Gasteiger partial charge in [-0.15, -0.1) is 0 Å². The lowest BCUT2D eigenvalue weighted by Gasteiger charge is -2.35. The molecular formula is C15H21NO3. The van der Waals surface area contributed by atoms with Gasteiger partial charge in [-0.25, -0.2) is 0 Å². The zero-order valence-corrected chi connectivity index (χ0v) is 11.3. The molecule has 0 spiro atoms. The molecule has 0 aliphatic carbocycles. The second kappa shape index (κ2) is 6.80. The highest BCUT2D eigenvalue weighted by atomic mass is 16.5. The fourth-order valence-corrected chi connectivity index (χ4v) is 2.50. The van der Waals surface area contributed by atoms with Gasteiger partial charge in [0.2, 0.25) is 0 Å². The van der Waals surface area contributed by atoms with Gasteiger partial charge in [-0.3, -0.25) is 9.69 Å². The molecule has 1 aliphatic rings. The quantitative estimate of drug-likeness (QED) is 0.857.